The van der Waals surface area contributed by atoms with E-state index < -0.39 is 0 Å². The van der Waals surface area contributed by atoms with Crippen molar-refractivity contribution in [1.82, 2.24) is 4.90 Å². The lowest BCUT2D eigenvalue weighted by Crippen LogP contribution is -2.52. The fourth-order valence-electron chi connectivity index (χ4n) is 4.15. The Kier molecular flexibility index (Phi) is 2.80. The van der Waals surface area contributed by atoms with Crippen LogP contribution in [0.2, 0.25) is 0 Å². The van der Waals surface area contributed by atoms with Crippen LogP contribution in [0, 0.1) is 23.2 Å². The monoisotopic (exact) mass is 247 g/mol. The Morgan fingerprint density at radius 2 is 2.22 bits per heavy atom. The number of hydrogen-bond acceptors (Lipinski definition) is 1. The van der Waals surface area contributed by atoms with E-state index in [1.807, 2.05) is 0 Å². The number of amides is 1. The molecule has 0 spiro atoms. The van der Waals surface area contributed by atoms with Crippen LogP contribution in [0.5, 0.6) is 0 Å². The summed E-state index contributed by atoms with van der Waals surface area (Å²) < 4.78 is 0. The fraction of sp³-hybridized carbons (Fsp3) is 0.812. The Morgan fingerprint density at radius 3 is 2.83 bits per heavy atom. The normalized spacial score (nSPS) is 37.8. The molecular weight excluding hydrogens is 222 g/mol. The molecular formula is C16H25NO. The maximum absolute atomic E-state index is 12.7. The third kappa shape index (κ3) is 1.72. The molecule has 1 heterocycles. The van der Waals surface area contributed by atoms with Gasteiger partial charge in [-0.3, -0.25) is 4.79 Å². The molecule has 18 heavy (non-hydrogen) atoms. The molecule has 1 amide bonds. The van der Waals surface area contributed by atoms with E-state index in [4.69, 9.17) is 0 Å². The number of carbonyl (C=O) groups excluding carboxylic acids is 1. The molecule has 1 aliphatic heterocycles. The fourth-order valence-corrected chi connectivity index (χ4v) is 4.15. The van der Waals surface area contributed by atoms with E-state index in [1.165, 1.54) is 19.3 Å². The molecule has 0 N–H and O–H groups in total. The summed E-state index contributed by atoms with van der Waals surface area (Å²) in [5.41, 5.74) is 1.50. The van der Waals surface area contributed by atoms with Gasteiger partial charge in [0.05, 0.1) is 0 Å². The van der Waals surface area contributed by atoms with Gasteiger partial charge in [0, 0.05) is 18.7 Å². The standard InChI is InChI=1S/C16H25NO/c1-11-5-4-8-17(10-11)15(18)13-7-6-12-9-14(13)16(12,2)3/h7,11-12,14H,4-6,8-10H2,1-3H3/t11?,12-,14-/m0/s1. The van der Waals surface area contributed by atoms with E-state index in [0.717, 1.165) is 31.0 Å². The number of nitrogens with zero attached hydrogens (tertiary/aromatic N) is 1. The van der Waals surface area contributed by atoms with Crippen LogP contribution >= 0.6 is 0 Å². The molecule has 2 bridgehead atoms. The van der Waals surface area contributed by atoms with Crippen molar-refractivity contribution in [2.24, 2.45) is 23.2 Å². The highest BCUT2D eigenvalue weighted by atomic mass is 16.2. The zero-order valence-corrected chi connectivity index (χ0v) is 11.9. The van der Waals surface area contributed by atoms with Gasteiger partial charge in [-0.15, -0.1) is 0 Å². The first kappa shape index (κ1) is 12.3. The van der Waals surface area contributed by atoms with Crippen LogP contribution in [0.1, 0.15) is 46.5 Å². The third-order valence-electron chi connectivity index (χ3n) is 5.66. The number of carbonyl (C=O) groups is 1. The highest BCUT2D eigenvalue weighted by molar-refractivity contribution is 5.94. The molecule has 0 aromatic rings. The van der Waals surface area contributed by atoms with Gasteiger partial charge in [-0.05, 0) is 48.9 Å². The first-order valence-electron chi connectivity index (χ1n) is 7.49. The average molecular weight is 247 g/mol. The van der Waals surface area contributed by atoms with Crippen molar-refractivity contribution in [2.75, 3.05) is 13.1 Å². The van der Waals surface area contributed by atoms with Crippen LogP contribution < -0.4 is 0 Å². The van der Waals surface area contributed by atoms with Crippen LogP contribution in [0.4, 0.5) is 0 Å². The molecule has 0 aromatic carbocycles. The van der Waals surface area contributed by atoms with Crippen molar-refractivity contribution in [3.05, 3.63) is 11.6 Å². The molecule has 1 saturated carbocycles. The number of likely N-dealkylation sites (tertiary alicyclic amines) is 1. The molecule has 2 nitrogen and oxygen atoms in total. The van der Waals surface area contributed by atoms with Crippen molar-refractivity contribution < 1.29 is 4.79 Å². The van der Waals surface area contributed by atoms with E-state index in [9.17, 15) is 4.79 Å². The first-order chi connectivity index (χ1) is 8.50. The summed E-state index contributed by atoms with van der Waals surface area (Å²) in [6, 6.07) is 0. The summed E-state index contributed by atoms with van der Waals surface area (Å²) in [4.78, 5) is 14.8. The Morgan fingerprint density at radius 1 is 1.44 bits per heavy atom. The van der Waals surface area contributed by atoms with Crippen molar-refractivity contribution in [2.45, 2.75) is 46.5 Å². The molecule has 1 saturated heterocycles. The lowest BCUT2D eigenvalue weighted by atomic mass is 9.48. The van der Waals surface area contributed by atoms with Gasteiger partial charge in [0.15, 0.2) is 0 Å². The second kappa shape index (κ2) is 4.11. The Hall–Kier alpha value is -0.790. The summed E-state index contributed by atoms with van der Waals surface area (Å²) in [6.07, 6.45) is 7.06. The maximum Gasteiger partial charge on any atom is 0.249 e. The second-order valence-electron chi connectivity index (χ2n) is 7.20. The number of allylic oxidation sites excluding steroid dienone is 1. The predicted octanol–water partition coefficient (Wildman–Crippen LogP) is 3.24. The third-order valence-corrected chi connectivity index (χ3v) is 5.66. The van der Waals surface area contributed by atoms with Crippen molar-refractivity contribution in [3.8, 4) is 0 Å². The summed E-state index contributed by atoms with van der Waals surface area (Å²) in [6.45, 7) is 8.87. The van der Waals surface area contributed by atoms with Crippen LogP contribution in [0.3, 0.4) is 0 Å². The van der Waals surface area contributed by atoms with Gasteiger partial charge < -0.3 is 4.90 Å². The highest BCUT2D eigenvalue weighted by Gasteiger charge is 2.53. The minimum absolute atomic E-state index is 0.345. The minimum atomic E-state index is 0.345. The SMILES string of the molecule is CC1CCCN(C(=O)C2=CC[C@H]3C[C@@H]2C3(C)C)C1. The summed E-state index contributed by atoms with van der Waals surface area (Å²) in [7, 11) is 0. The van der Waals surface area contributed by atoms with Gasteiger partial charge in [-0.25, -0.2) is 0 Å². The molecule has 4 rings (SSSR count). The van der Waals surface area contributed by atoms with E-state index >= 15 is 0 Å². The first-order valence-corrected chi connectivity index (χ1v) is 7.49. The topological polar surface area (TPSA) is 20.3 Å². The molecule has 100 valence electrons. The quantitative estimate of drug-likeness (QED) is 0.696. The number of rotatable bonds is 1. The molecule has 3 aliphatic carbocycles. The summed E-state index contributed by atoms with van der Waals surface area (Å²) >= 11 is 0. The summed E-state index contributed by atoms with van der Waals surface area (Å²) in [5, 5.41) is 0. The van der Waals surface area contributed by atoms with Gasteiger partial charge in [0.25, 0.3) is 0 Å². The smallest absolute Gasteiger partial charge is 0.249 e. The van der Waals surface area contributed by atoms with Crippen LogP contribution in [0.25, 0.3) is 0 Å². The average Bonchev–Trinajstić information content (AvgIpc) is 2.37. The van der Waals surface area contributed by atoms with E-state index in [0.29, 0.717) is 23.2 Å². The Labute approximate surface area is 110 Å². The van der Waals surface area contributed by atoms with Gasteiger partial charge >= 0.3 is 0 Å². The van der Waals surface area contributed by atoms with Crippen LogP contribution in [0.15, 0.2) is 11.6 Å². The predicted molar refractivity (Wildman–Crippen MR) is 73.1 cm³/mol. The largest absolute Gasteiger partial charge is 0.339 e. The van der Waals surface area contributed by atoms with Gasteiger partial charge in [-0.1, -0.05) is 26.8 Å². The van der Waals surface area contributed by atoms with Crippen LogP contribution in [-0.4, -0.2) is 23.9 Å². The van der Waals surface area contributed by atoms with Crippen molar-refractivity contribution in [1.29, 1.82) is 0 Å². The molecule has 1 unspecified atom stereocenters. The Bertz CT molecular complexity index is 396. The van der Waals surface area contributed by atoms with Gasteiger partial charge in [0.1, 0.15) is 0 Å². The maximum atomic E-state index is 12.7. The van der Waals surface area contributed by atoms with Gasteiger partial charge in [0.2, 0.25) is 5.91 Å². The number of piperidine rings is 1. The lowest BCUT2D eigenvalue weighted by Gasteiger charge is -2.56. The van der Waals surface area contributed by atoms with Gasteiger partial charge in [-0.2, -0.15) is 0 Å². The zero-order valence-electron chi connectivity index (χ0n) is 11.9. The molecule has 0 aromatic heterocycles. The summed E-state index contributed by atoms with van der Waals surface area (Å²) in [5.74, 6) is 2.37. The molecule has 4 aliphatic rings. The highest BCUT2D eigenvalue weighted by Crippen LogP contribution is 2.59. The lowest BCUT2D eigenvalue weighted by molar-refractivity contribution is -0.132. The molecule has 3 atom stereocenters. The van der Waals surface area contributed by atoms with Crippen molar-refractivity contribution >= 4 is 5.91 Å². The number of hydrogen-bond donors (Lipinski definition) is 0. The number of fused-ring (bicyclic) bond motifs is 1. The molecule has 2 heteroatoms. The Balaban J connectivity index is 1.75. The van der Waals surface area contributed by atoms with E-state index in [-0.39, 0.29) is 0 Å². The molecule has 0 radical (unpaired) electrons. The zero-order chi connectivity index (χ0) is 12.9. The van der Waals surface area contributed by atoms with E-state index in [2.05, 4.69) is 31.7 Å². The van der Waals surface area contributed by atoms with Crippen molar-refractivity contribution in [3.63, 3.8) is 0 Å². The van der Waals surface area contributed by atoms with E-state index in [1.54, 1.807) is 0 Å². The molecule has 2 fully saturated rings. The second-order valence-corrected chi connectivity index (χ2v) is 7.20. The minimum Gasteiger partial charge on any atom is -0.339 e. The van der Waals surface area contributed by atoms with Crippen LogP contribution in [-0.2, 0) is 4.79 Å².